The van der Waals surface area contributed by atoms with Crippen LogP contribution in [0.4, 0.5) is 24.5 Å². The molecule has 0 unspecified atom stereocenters. The smallest absolute Gasteiger partial charge is 0.380 e. The fourth-order valence-corrected chi connectivity index (χ4v) is 2.94. The molecule has 3 rings (SSSR count). The molecule has 30 heavy (non-hydrogen) atoms. The van der Waals surface area contributed by atoms with Gasteiger partial charge < -0.3 is 10.6 Å². The first kappa shape index (κ1) is 21.1. The summed E-state index contributed by atoms with van der Waals surface area (Å²) >= 11 is 0. The number of nitrogens with one attached hydrogen (secondary N) is 2. The van der Waals surface area contributed by atoms with Crippen LogP contribution in [0, 0.1) is 0 Å². The third kappa shape index (κ3) is 5.26. The lowest BCUT2D eigenvalue weighted by atomic mass is 10.0. The van der Waals surface area contributed by atoms with Crippen LogP contribution in [0.25, 0.3) is 6.08 Å². The Labute approximate surface area is 172 Å². The number of alkyl halides is 3. The van der Waals surface area contributed by atoms with Crippen molar-refractivity contribution in [2.45, 2.75) is 19.6 Å². The topological polar surface area (TPSA) is 54.0 Å². The SMILES string of the molecule is C/C=C\c1ccc(NC(=O)c2ccccc2NCc2ccncc2)cc1C(F)(F)F. The summed E-state index contributed by atoms with van der Waals surface area (Å²) in [4.78, 5) is 16.7. The number of halogens is 3. The first-order valence-electron chi connectivity index (χ1n) is 9.25. The number of carbonyl (C=O) groups excluding carboxylic acids is 1. The van der Waals surface area contributed by atoms with Gasteiger partial charge >= 0.3 is 6.18 Å². The third-order valence-electron chi connectivity index (χ3n) is 4.37. The van der Waals surface area contributed by atoms with Crippen molar-refractivity contribution in [2.24, 2.45) is 0 Å². The van der Waals surface area contributed by atoms with Crippen LogP contribution >= 0.6 is 0 Å². The standard InChI is InChI=1S/C23H20F3N3O/c1-2-5-17-8-9-18(14-20(17)23(24,25)26)29-22(30)19-6-3-4-7-21(19)28-15-16-10-12-27-13-11-16/h2-14,28H,15H2,1H3,(H,29,30)/b5-2-. The highest BCUT2D eigenvalue weighted by molar-refractivity contribution is 6.08. The van der Waals surface area contributed by atoms with E-state index in [4.69, 9.17) is 0 Å². The highest BCUT2D eigenvalue weighted by Crippen LogP contribution is 2.34. The Bertz CT molecular complexity index is 1050. The summed E-state index contributed by atoms with van der Waals surface area (Å²) in [5.41, 5.74) is 1.20. The molecular weight excluding hydrogens is 391 g/mol. The summed E-state index contributed by atoms with van der Waals surface area (Å²) in [7, 11) is 0. The van der Waals surface area contributed by atoms with E-state index in [2.05, 4.69) is 15.6 Å². The third-order valence-corrected chi connectivity index (χ3v) is 4.37. The summed E-state index contributed by atoms with van der Waals surface area (Å²) in [5.74, 6) is -0.500. The van der Waals surface area contributed by atoms with Gasteiger partial charge in [0.15, 0.2) is 0 Å². The van der Waals surface area contributed by atoms with Gasteiger partial charge in [0.1, 0.15) is 0 Å². The van der Waals surface area contributed by atoms with Gasteiger partial charge in [-0.1, -0.05) is 30.4 Å². The predicted molar refractivity (Wildman–Crippen MR) is 112 cm³/mol. The van der Waals surface area contributed by atoms with E-state index in [-0.39, 0.29) is 11.3 Å². The number of benzene rings is 2. The van der Waals surface area contributed by atoms with Crippen LogP contribution in [-0.2, 0) is 12.7 Å². The van der Waals surface area contributed by atoms with Crippen molar-refractivity contribution in [1.29, 1.82) is 0 Å². The number of anilines is 2. The summed E-state index contributed by atoms with van der Waals surface area (Å²) in [6.07, 6.45) is 1.73. The number of hydrogen-bond acceptors (Lipinski definition) is 3. The lowest BCUT2D eigenvalue weighted by molar-refractivity contribution is -0.137. The molecule has 0 fully saturated rings. The van der Waals surface area contributed by atoms with E-state index in [9.17, 15) is 18.0 Å². The minimum atomic E-state index is -4.53. The van der Waals surface area contributed by atoms with Gasteiger partial charge in [-0.3, -0.25) is 9.78 Å². The summed E-state index contributed by atoms with van der Waals surface area (Å²) in [5, 5.41) is 5.75. The highest BCUT2D eigenvalue weighted by atomic mass is 19.4. The molecule has 0 bridgehead atoms. The van der Waals surface area contributed by atoms with Gasteiger partial charge in [0.05, 0.1) is 11.1 Å². The van der Waals surface area contributed by atoms with E-state index in [1.54, 1.807) is 43.6 Å². The molecular formula is C23H20F3N3O. The molecule has 4 nitrogen and oxygen atoms in total. The molecule has 1 heterocycles. The van der Waals surface area contributed by atoms with Crippen LogP contribution in [0.1, 0.15) is 34.0 Å². The van der Waals surface area contributed by atoms with E-state index in [1.165, 1.54) is 24.3 Å². The molecule has 1 aromatic heterocycles. The first-order chi connectivity index (χ1) is 14.4. The molecule has 0 atom stereocenters. The first-order valence-corrected chi connectivity index (χ1v) is 9.25. The molecule has 2 aromatic carbocycles. The zero-order valence-corrected chi connectivity index (χ0v) is 16.2. The number of carbonyl (C=O) groups is 1. The molecule has 2 N–H and O–H groups in total. The zero-order chi connectivity index (χ0) is 21.6. The largest absolute Gasteiger partial charge is 0.417 e. The van der Waals surface area contributed by atoms with Crippen LogP contribution in [0.2, 0.25) is 0 Å². The minimum absolute atomic E-state index is 0.0439. The van der Waals surface area contributed by atoms with E-state index in [0.717, 1.165) is 11.6 Å². The molecule has 3 aromatic rings. The maximum atomic E-state index is 13.4. The van der Waals surface area contributed by atoms with Gasteiger partial charge in [0, 0.05) is 30.3 Å². The van der Waals surface area contributed by atoms with Crippen LogP contribution in [0.3, 0.4) is 0 Å². The van der Waals surface area contributed by atoms with Crippen molar-refractivity contribution < 1.29 is 18.0 Å². The molecule has 7 heteroatoms. The van der Waals surface area contributed by atoms with E-state index in [0.29, 0.717) is 17.8 Å². The number of rotatable bonds is 6. The molecule has 0 aliphatic heterocycles. The van der Waals surface area contributed by atoms with Crippen molar-refractivity contribution in [3.8, 4) is 0 Å². The Morgan fingerprint density at radius 3 is 2.50 bits per heavy atom. The minimum Gasteiger partial charge on any atom is -0.380 e. The van der Waals surface area contributed by atoms with E-state index in [1.807, 2.05) is 12.1 Å². The van der Waals surface area contributed by atoms with Gasteiger partial charge in [-0.2, -0.15) is 13.2 Å². The van der Waals surface area contributed by atoms with E-state index < -0.39 is 17.6 Å². The summed E-state index contributed by atoms with van der Waals surface area (Å²) in [6.45, 7) is 2.12. The van der Waals surface area contributed by atoms with Gasteiger partial charge in [0.2, 0.25) is 0 Å². The van der Waals surface area contributed by atoms with Crippen LogP contribution in [0.5, 0.6) is 0 Å². The van der Waals surface area contributed by atoms with Gasteiger partial charge in [-0.25, -0.2) is 0 Å². The van der Waals surface area contributed by atoms with Crippen molar-refractivity contribution in [3.05, 3.63) is 95.3 Å². The number of amides is 1. The van der Waals surface area contributed by atoms with Crippen molar-refractivity contribution in [2.75, 3.05) is 10.6 Å². The molecule has 0 saturated heterocycles. The fourth-order valence-electron chi connectivity index (χ4n) is 2.94. The second-order valence-corrected chi connectivity index (χ2v) is 6.51. The maximum Gasteiger partial charge on any atom is 0.417 e. The second kappa shape index (κ2) is 9.26. The number of aromatic nitrogens is 1. The van der Waals surface area contributed by atoms with Crippen LogP contribution < -0.4 is 10.6 Å². The van der Waals surface area contributed by atoms with Crippen molar-refractivity contribution in [1.82, 2.24) is 4.98 Å². The lowest BCUT2D eigenvalue weighted by Crippen LogP contribution is -2.16. The van der Waals surface area contributed by atoms with Gasteiger partial charge in [-0.15, -0.1) is 0 Å². The number of nitrogens with zero attached hydrogens (tertiary/aromatic N) is 1. The maximum absolute atomic E-state index is 13.4. The highest BCUT2D eigenvalue weighted by Gasteiger charge is 2.33. The Morgan fingerprint density at radius 2 is 1.80 bits per heavy atom. The molecule has 0 spiro atoms. The Hall–Kier alpha value is -3.61. The number of pyridine rings is 1. The average Bonchev–Trinajstić information content (AvgIpc) is 2.73. The monoisotopic (exact) mass is 411 g/mol. The predicted octanol–water partition coefficient (Wildman–Crippen LogP) is 6.00. The summed E-state index contributed by atoms with van der Waals surface area (Å²) in [6, 6.07) is 14.3. The Balaban J connectivity index is 1.81. The van der Waals surface area contributed by atoms with Gasteiger partial charge in [-0.05, 0) is 54.4 Å². The van der Waals surface area contributed by atoms with E-state index >= 15 is 0 Å². The number of hydrogen-bond donors (Lipinski definition) is 2. The van der Waals surface area contributed by atoms with Crippen LogP contribution in [0.15, 0.2) is 73.1 Å². The quantitative estimate of drug-likeness (QED) is 0.523. The Kier molecular flexibility index (Phi) is 6.51. The van der Waals surface area contributed by atoms with Crippen LogP contribution in [-0.4, -0.2) is 10.9 Å². The van der Waals surface area contributed by atoms with Gasteiger partial charge in [0.25, 0.3) is 5.91 Å². The molecule has 0 saturated carbocycles. The molecule has 1 amide bonds. The van der Waals surface area contributed by atoms with Crippen molar-refractivity contribution >= 4 is 23.4 Å². The molecule has 0 aliphatic carbocycles. The normalized spacial score (nSPS) is 11.5. The van der Waals surface area contributed by atoms with Crippen molar-refractivity contribution in [3.63, 3.8) is 0 Å². The lowest BCUT2D eigenvalue weighted by Gasteiger charge is -2.15. The fraction of sp³-hybridized carbons (Fsp3) is 0.130. The zero-order valence-electron chi connectivity index (χ0n) is 16.2. The summed E-state index contributed by atoms with van der Waals surface area (Å²) < 4.78 is 40.1. The Morgan fingerprint density at radius 1 is 1.07 bits per heavy atom. The molecule has 0 aliphatic rings. The average molecular weight is 411 g/mol. The second-order valence-electron chi connectivity index (χ2n) is 6.51. The number of para-hydroxylation sites is 1. The molecule has 154 valence electrons. The number of allylic oxidation sites excluding steroid dienone is 1. The molecule has 0 radical (unpaired) electrons.